The molecule has 1 fully saturated rings. The van der Waals surface area contributed by atoms with Gasteiger partial charge in [0.25, 0.3) is 0 Å². The first-order valence-corrected chi connectivity index (χ1v) is 11.0. The van der Waals surface area contributed by atoms with Gasteiger partial charge in [0.15, 0.2) is 6.29 Å². The first-order valence-electron chi connectivity index (χ1n) is 9.63. The van der Waals surface area contributed by atoms with Gasteiger partial charge in [-0.1, -0.05) is 84.9 Å². The first-order chi connectivity index (χ1) is 13.4. The van der Waals surface area contributed by atoms with Crippen molar-refractivity contribution < 1.29 is 9.47 Å². The summed E-state index contributed by atoms with van der Waals surface area (Å²) in [5, 5.41) is 4.20. The van der Waals surface area contributed by atoms with E-state index in [4.69, 9.17) is 9.47 Å². The van der Waals surface area contributed by atoms with Crippen LogP contribution in [0.15, 0.2) is 84.9 Å². The molecule has 1 aliphatic rings. The number of benzene rings is 3. The highest BCUT2D eigenvalue weighted by Gasteiger charge is 2.20. The van der Waals surface area contributed by atoms with Crippen molar-refractivity contribution in [3.05, 3.63) is 90.5 Å². The zero-order valence-corrected chi connectivity index (χ0v) is 16.4. The Bertz CT molecular complexity index is 790. The maximum absolute atomic E-state index is 5.75. The van der Waals surface area contributed by atoms with Crippen molar-refractivity contribution in [3.63, 3.8) is 0 Å². The number of ether oxygens (including phenoxy) is 2. The van der Waals surface area contributed by atoms with Crippen LogP contribution in [0.25, 0.3) is 0 Å². The van der Waals surface area contributed by atoms with E-state index >= 15 is 0 Å². The second-order valence-corrected chi connectivity index (χ2v) is 8.88. The Kier molecular flexibility index (Phi) is 6.32. The summed E-state index contributed by atoms with van der Waals surface area (Å²) in [4.78, 5) is 0. The van der Waals surface area contributed by atoms with Crippen molar-refractivity contribution in [2.45, 2.75) is 25.6 Å². The lowest BCUT2D eigenvalue weighted by Gasteiger charge is -2.25. The maximum atomic E-state index is 5.75. The predicted molar refractivity (Wildman–Crippen MR) is 114 cm³/mol. The van der Waals surface area contributed by atoms with Gasteiger partial charge in [0.1, 0.15) is 0 Å². The molecule has 3 heteroatoms. The van der Waals surface area contributed by atoms with Gasteiger partial charge in [-0.25, -0.2) is 0 Å². The molecule has 0 spiro atoms. The number of aryl methyl sites for hydroxylation is 1. The molecule has 1 heterocycles. The summed E-state index contributed by atoms with van der Waals surface area (Å²) in [5.41, 5.74) is 1.40. The minimum atomic E-state index is -0.577. The fraction of sp³-hybridized carbons (Fsp3) is 0.250. The molecule has 0 saturated carbocycles. The van der Waals surface area contributed by atoms with Gasteiger partial charge in [0.05, 0.1) is 13.2 Å². The van der Waals surface area contributed by atoms with Crippen molar-refractivity contribution in [3.8, 4) is 0 Å². The molecule has 1 saturated heterocycles. The van der Waals surface area contributed by atoms with Crippen LogP contribution in [0.3, 0.4) is 0 Å². The van der Waals surface area contributed by atoms with Gasteiger partial charge in [-0.2, -0.15) is 0 Å². The van der Waals surface area contributed by atoms with Crippen LogP contribution in [0.1, 0.15) is 18.4 Å². The molecule has 3 aromatic rings. The largest absolute Gasteiger partial charge is 0.353 e. The molecule has 2 nitrogen and oxygen atoms in total. The minimum Gasteiger partial charge on any atom is -0.353 e. The summed E-state index contributed by atoms with van der Waals surface area (Å²) in [5.74, 6) is 0. The Labute approximate surface area is 162 Å². The molecule has 3 aromatic carbocycles. The van der Waals surface area contributed by atoms with Crippen molar-refractivity contribution >= 4 is 23.8 Å². The van der Waals surface area contributed by atoms with Gasteiger partial charge < -0.3 is 9.47 Å². The van der Waals surface area contributed by atoms with Gasteiger partial charge in [-0.05, 0) is 42.2 Å². The Balaban J connectivity index is 1.66. The van der Waals surface area contributed by atoms with Crippen LogP contribution in [0, 0.1) is 0 Å². The smallest absolute Gasteiger partial charge is 0.157 e. The summed E-state index contributed by atoms with van der Waals surface area (Å²) in [6.45, 7) is 1.63. The Morgan fingerprint density at radius 2 is 1.26 bits per heavy atom. The number of rotatable bonds is 6. The summed E-state index contributed by atoms with van der Waals surface area (Å²) in [7, 11) is -0.577. The molecule has 0 bridgehead atoms. The van der Waals surface area contributed by atoms with Crippen LogP contribution < -0.4 is 15.9 Å². The predicted octanol–water partition coefficient (Wildman–Crippen LogP) is 4.14. The van der Waals surface area contributed by atoms with Crippen LogP contribution in [-0.2, 0) is 15.9 Å². The summed E-state index contributed by atoms with van der Waals surface area (Å²) >= 11 is 0. The second kappa shape index (κ2) is 9.28. The molecule has 0 aliphatic carbocycles. The lowest BCUT2D eigenvalue weighted by atomic mass is 10.1. The van der Waals surface area contributed by atoms with Gasteiger partial charge >= 0.3 is 0 Å². The molecule has 0 atom stereocenters. The van der Waals surface area contributed by atoms with E-state index in [1.54, 1.807) is 0 Å². The van der Waals surface area contributed by atoms with E-state index < -0.39 is 7.92 Å². The van der Waals surface area contributed by atoms with E-state index in [0.29, 0.717) is 0 Å². The Morgan fingerprint density at radius 3 is 1.89 bits per heavy atom. The van der Waals surface area contributed by atoms with Crippen molar-refractivity contribution in [1.82, 2.24) is 0 Å². The molecule has 0 unspecified atom stereocenters. The standard InChI is InChI=1S/C24H25O2P/c1-3-11-21(12-4-1)27(22-13-5-2-6-14-22)23-15-8-7-10-20(23)16-17-24-25-18-9-19-26-24/h1-8,10-15,24H,9,16-19H2. The number of hydrogen-bond donors (Lipinski definition) is 0. The Morgan fingerprint density at radius 1 is 0.704 bits per heavy atom. The van der Waals surface area contributed by atoms with E-state index in [-0.39, 0.29) is 6.29 Å². The van der Waals surface area contributed by atoms with Crippen LogP contribution in [0.2, 0.25) is 0 Å². The average Bonchev–Trinajstić information content (AvgIpc) is 2.76. The molecule has 0 aromatic heterocycles. The average molecular weight is 376 g/mol. The van der Waals surface area contributed by atoms with Crippen LogP contribution >= 0.6 is 7.92 Å². The van der Waals surface area contributed by atoms with Crippen molar-refractivity contribution in [2.75, 3.05) is 13.2 Å². The van der Waals surface area contributed by atoms with Gasteiger partial charge in [0, 0.05) is 6.42 Å². The quantitative estimate of drug-likeness (QED) is 0.602. The molecular weight excluding hydrogens is 351 g/mol. The second-order valence-electron chi connectivity index (χ2n) is 6.70. The molecule has 0 amide bonds. The first kappa shape index (κ1) is 18.4. The van der Waals surface area contributed by atoms with Gasteiger partial charge in [-0.15, -0.1) is 0 Å². The van der Waals surface area contributed by atoms with E-state index in [1.807, 2.05) is 0 Å². The lowest BCUT2D eigenvalue weighted by Crippen LogP contribution is -2.27. The van der Waals surface area contributed by atoms with Crippen LogP contribution in [0.5, 0.6) is 0 Å². The third-order valence-corrected chi connectivity index (χ3v) is 7.35. The summed E-state index contributed by atoms with van der Waals surface area (Å²) < 4.78 is 11.5. The lowest BCUT2D eigenvalue weighted by molar-refractivity contribution is -0.180. The summed E-state index contributed by atoms with van der Waals surface area (Å²) in [6, 6.07) is 30.6. The molecule has 0 radical (unpaired) electrons. The van der Waals surface area contributed by atoms with Crippen molar-refractivity contribution in [2.24, 2.45) is 0 Å². The van der Waals surface area contributed by atoms with E-state index in [0.717, 1.165) is 32.5 Å². The molecular formula is C24H25O2P. The Hall–Kier alpha value is -1.99. The fourth-order valence-corrected chi connectivity index (χ4v) is 6.00. The number of hydrogen-bond acceptors (Lipinski definition) is 2. The van der Waals surface area contributed by atoms with Crippen LogP contribution in [-0.4, -0.2) is 19.5 Å². The highest BCUT2D eigenvalue weighted by atomic mass is 31.1. The highest BCUT2D eigenvalue weighted by Crippen LogP contribution is 2.34. The molecule has 4 rings (SSSR count). The minimum absolute atomic E-state index is 0.0634. The zero-order valence-electron chi connectivity index (χ0n) is 15.5. The van der Waals surface area contributed by atoms with E-state index in [2.05, 4.69) is 84.9 Å². The monoisotopic (exact) mass is 376 g/mol. The highest BCUT2D eigenvalue weighted by molar-refractivity contribution is 7.79. The van der Waals surface area contributed by atoms with Gasteiger partial charge in [0.2, 0.25) is 0 Å². The molecule has 1 aliphatic heterocycles. The van der Waals surface area contributed by atoms with E-state index in [1.165, 1.54) is 21.5 Å². The summed E-state index contributed by atoms with van der Waals surface area (Å²) in [6.07, 6.45) is 2.82. The third-order valence-electron chi connectivity index (χ3n) is 4.81. The molecule has 0 N–H and O–H groups in total. The van der Waals surface area contributed by atoms with E-state index in [9.17, 15) is 0 Å². The van der Waals surface area contributed by atoms with Crippen molar-refractivity contribution in [1.29, 1.82) is 0 Å². The normalized spacial score (nSPS) is 15.1. The molecule has 138 valence electrons. The zero-order chi connectivity index (χ0) is 18.3. The van der Waals surface area contributed by atoms with Crippen LogP contribution in [0.4, 0.5) is 0 Å². The molecule has 27 heavy (non-hydrogen) atoms. The van der Waals surface area contributed by atoms with Gasteiger partial charge in [-0.3, -0.25) is 0 Å². The third kappa shape index (κ3) is 4.65. The topological polar surface area (TPSA) is 18.5 Å². The SMILES string of the molecule is c1ccc(P(c2ccccc2)c2ccccc2CCC2OCCCO2)cc1. The fourth-order valence-electron chi connectivity index (χ4n) is 3.50. The maximum Gasteiger partial charge on any atom is 0.157 e.